The van der Waals surface area contributed by atoms with Crippen LogP contribution in [0.2, 0.25) is 0 Å². The average Bonchev–Trinajstić information content (AvgIpc) is 2.98. The zero-order valence-corrected chi connectivity index (χ0v) is 12.8. The summed E-state index contributed by atoms with van der Waals surface area (Å²) in [5.74, 6) is 0.629. The maximum atomic E-state index is 5.58. The molecule has 0 radical (unpaired) electrons. The minimum atomic E-state index is 0.313. The molecule has 1 saturated heterocycles. The zero-order valence-electron chi connectivity index (χ0n) is 12.0. The van der Waals surface area contributed by atoms with Crippen molar-refractivity contribution in [3.63, 3.8) is 0 Å². The van der Waals surface area contributed by atoms with Gasteiger partial charge < -0.3 is 9.64 Å². The molecule has 106 valence electrons. The van der Waals surface area contributed by atoms with Gasteiger partial charge in [0.1, 0.15) is 0 Å². The van der Waals surface area contributed by atoms with E-state index < -0.39 is 0 Å². The Kier molecular flexibility index (Phi) is 4.03. The Morgan fingerprint density at radius 3 is 2.85 bits per heavy atom. The molecule has 1 aliphatic rings. The van der Waals surface area contributed by atoms with Crippen LogP contribution in [0.25, 0.3) is 10.4 Å². The summed E-state index contributed by atoms with van der Waals surface area (Å²) in [4.78, 5) is 8.18. The quantitative estimate of drug-likeness (QED) is 0.861. The van der Waals surface area contributed by atoms with Crippen molar-refractivity contribution in [1.82, 2.24) is 4.98 Å². The fourth-order valence-corrected chi connectivity index (χ4v) is 3.62. The van der Waals surface area contributed by atoms with E-state index >= 15 is 0 Å². The molecule has 3 nitrogen and oxygen atoms in total. The third-order valence-electron chi connectivity index (χ3n) is 4.01. The molecule has 2 aromatic rings. The van der Waals surface area contributed by atoms with E-state index in [0.29, 0.717) is 12.0 Å². The maximum Gasteiger partial charge on any atom is 0.185 e. The van der Waals surface area contributed by atoms with Crippen LogP contribution < -0.4 is 4.90 Å². The molecular weight excluding hydrogens is 268 g/mol. The molecule has 20 heavy (non-hydrogen) atoms. The standard InChI is InChI=1S/C16H20N2OS/c1-12-8-9-18(11-14(12)19-2)16-17-10-15(20-16)13-6-4-3-5-7-13/h3-7,10,12,14H,8-9,11H2,1-2H3. The molecule has 1 aliphatic heterocycles. The van der Waals surface area contributed by atoms with Gasteiger partial charge in [-0.2, -0.15) is 0 Å². The first kappa shape index (κ1) is 13.6. The van der Waals surface area contributed by atoms with Crippen molar-refractivity contribution in [3.05, 3.63) is 36.5 Å². The second-order valence-corrected chi connectivity index (χ2v) is 6.37. The molecule has 2 heterocycles. The van der Waals surface area contributed by atoms with Crippen LogP contribution in [0.3, 0.4) is 0 Å². The van der Waals surface area contributed by atoms with E-state index in [-0.39, 0.29) is 0 Å². The molecule has 1 fully saturated rings. The molecule has 0 saturated carbocycles. The molecule has 0 spiro atoms. The Balaban J connectivity index is 1.77. The Morgan fingerprint density at radius 2 is 2.10 bits per heavy atom. The first-order valence-electron chi connectivity index (χ1n) is 7.07. The number of aromatic nitrogens is 1. The molecule has 0 aliphatic carbocycles. The molecule has 2 atom stereocenters. The third kappa shape index (κ3) is 2.72. The highest BCUT2D eigenvalue weighted by Gasteiger charge is 2.27. The fourth-order valence-electron chi connectivity index (χ4n) is 2.66. The van der Waals surface area contributed by atoms with Crippen LogP contribution in [-0.4, -0.2) is 31.3 Å². The van der Waals surface area contributed by atoms with Gasteiger partial charge in [-0.15, -0.1) is 0 Å². The van der Waals surface area contributed by atoms with Crippen LogP contribution in [0.5, 0.6) is 0 Å². The van der Waals surface area contributed by atoms with Gasteiger partial charge in [0, 0.05) is 26.4 Å². The molecule has 0 N–H and O–H groups in total. The van der Waals surface area contributed by atoms with Crippen LogP contribution >= 0.6 is 11.3 Å². The van der Waals surface area contributed by atoms with Gasteiger partial charge in [0.2, 0.25) is 0 Å². The van der Waals surface area contributed by atoms with Crippen LogP contribution in [0, 0.1) is 5.92 Å². The number of hydrogen-bond donors (Lipinski definition) is 0. The fraction of sp³-hybridized carbons (Fsp3) is 0.438. The number of thiazole rings is 1. The normalized spacial score (nSPS) is 23.0. The summed E-state index contributed by atoms with van der Waals surface area (Å²) in [7, 11) is 1.81. The van der Waals surface area contributed by atoms with Crippen molar-refractivity contribution in [2.45, 2.75) is 19.4 Å². The van der Waals surface area contributed by atoms with E-state index in [9.17, 15) is 0 Å². The lowest BCUT2D eigenvalue weighted by atomic mass is 9.96. The zero-order chi connectivity index (χ0) is 13.9. The van der Waals surface area contributed by atoms with Gasteiger partial charge in [0.15, 0.2) is 5.13 Å². The molecule has 0 amide bonds. The predicted molar refractivity (Wildman–Crippen MR) is 84.3 cm³/mol. The van der Waals surface area contributed by atoms with E-state index in [1.54, 1.807) is 11.3 Å². The second-order valence-electron chi connectivity index (χ2n) is 5.36. The monoisotopic (exact) mass is 288 g/mol. The lowest BCUT2D eigenvalue weighted by Gasteiger charge is -2.36. The van der Waals surface area contributed by atoms with Gasteiger partial charge in [-0.1, -0.05) is 48.6 Å². The van der Waals surface area contributed by atoms with Crippen molar-refractivity contribution in [3.8, 4) is 10.4 Å². The van der Waals surface area contributed by atoms with Gasteiger partial charge in [0.05, 0.1) is 11.0 Å². The van der Waals surface area contributed by atoms with Gasteiger partial charge in [-0.05, 0) is 17.9 Å². The molecule has 0 bridgehead atoms. The first-order valence-corrected chi connectivity index (χ1v) is 7.88. The molecule has 3 rings (SSSR count). The van der Waals surface area contributed by atoms with Crippen molar-refractivity contribution in [1.29, 1.82) is 0 Å². The molecular formula is C16H20N2OS. The molecule has 2 unspecified atom stereocenters. The minimum Gasteiger partial charge on any atom is -0.379 e. The van der Waals surface area contributed by atoms with E-state index in [4.69, 9.17) is 4.74 Å². The second kappa shape index (κ2) is 5.94. The lowest BCUT2D eigenvalue weighted by Crippen LogP contribution is -2.43. The summed E-state index contributed by atoms with van der Waals surface area (Å²) in [6.07, 6.45) is 3.46. The number of ether oxygens (including phenoxy) is 1. The summed E-state index contributed by atoms with van der Waals surface area (Å²) in [5.41, 5.74) is 1.24. The minimum absolute atomic E-state index is 0.313. The SMILES string of the molecule is COC1CN(c2ncc(-c3ccccc3)s2)CCC1C. The summed E-state index contributed by atoms with van der Waals surface area (Å²) in [6.45, 7) is 4.28. The molecule has 1 aromatic heterocycles. The molecule has 1 aromatic carbocycles. The summed E-state index contributed by atoms with van der Waals surface area (Å²) < 4.78 is 5.58. The van der Waals surface area contributed by atoms with E-state index in [1.807, 2.05) is 19.4 Å². The van der Waals surface area contributed by atoms with Crippen molar-refractivity contribution in [2.24, 2.45) is 5.92 Å². The predicted octanol–water partition coefficient (Wildman–Crippen LogP) is 3.67. The Labute approximate surface area is 124 Å². The number of nitrogens with zero attached hydrogens (tertiary/aromatic N) is 2. The van der Waals surface area contributed by atoms with Crippen LogP contribution in [-0.2, 0) is 4.74 Å². The smallest absolute Gasteiger partial charge is 0.185 e. The summed E-state index contributed by atoms with van der Waals surface area (Å²) >= 11 is 1.77. The van der Waals surface area contributed by atoms with Crippen molar-refractivity contribution < 1.29 is 4.74 Å². The number of anilines is 1. The van der Waals surface area contributed by atoms with Crippen molar-refractivity contribution in [2.75, 3.05) is 25.1 Å². The van der Waals surface area contributed by atoms with Crippen LogP contribution in [0.4, 0.5) is 5.13 Å². The van der Waals surface area contributed by atoms with Gasteiger partial charge in [-0.3, -0.25) is 0 Å². The molecule has 4 heteroatoms. The van der Waals surface area contributed by atoms with E-state index in [1.165, 1.54) is 16.9 Å². The third-order valence-corrected chi connectivity index (χ3v) is 5.12. The highest BCUT2D eigenvalue weighted by molar-refractivity contribution is 7.18. The van der Waals surface area contributed by atoms with E-state index in [2.05, 4.69) is 41.1 Å². The summed E-state index contributed by atoms with van der Waals surface area (Å²) in [5, 5.41) is 1.11. The van der Waals surface area contributed by atoms with Gasteiger partial charge >= 0.3 is 0 Å². The lowest BCUT2D eigenvalue weighted by molar-refractivity contribution is 0.0498. The number of piperidine rings is 1. The number of hydrogen-bond acceptors (Lipinski definition) is 4. The number of benzene rings is 1. The van der Waals surface area contributed by atoms with Crippen LogP contribution in [0.1, 0.15) is 13.3 Å². The van der Waals surface area contributed by atoms with E-state index in [0.717, 1.165) is 18.2 Å². The highest BCUT2D eigenvalue weighted by Crippen LogP contribution is 2.33. The Hall–Kier alpha value is -1.39. The Morgan fingerprint density at radius 1 is 1.30 bits per heavy atom. The van der Waals surface area contributed by atoms with Gasteiger partial charge in [0.25, 0.3) is 0 Å². The average molecular weight is 288 g/mol. The van der Waals surface area contributed by atoms with Crippen molar-refractivity contribution >= 4 is 16.5 Å². The van der Waals surface area contributed by atoms with Gasteiger partial charge in [-0.25, -0.2) is 4.98 Å². The number of methoxy groups -OCH3 is 1. The largest absolute Gasteiger partial charge is 0.379 e. The summed E-state index contributed by atoms with van der Waals surface area (Å²) in [6, 6.07) is 10.4. The topological polar surface area (TPSA) is 25.4 Å². The number of rotatable bonds is 3. The van der Waals surface area contributed by atoms with Crippen LogP contribution in [0.15, 0.2) is 36.5 Å². The highest BCUT2D eigenvalue weighted by atomic mass is 32.1. The maximum absolute atomic E-state index is 5.58. The first-order chi connectivity index (χ1) is 9.78. The Bertz CT molecular complexity index is 555.